The molecule has 0 saturated carbocycles. The summed E-state index contributed by atoms with van der Waals surface area (Å²) in [6.45, 7) is 7.80. The molecule has 2 heterocycles. The van der Waals surface area contributed by atoms with Crippen molar-refractivity contribution in [2.45, 2.75) is 25.3 Å². The number of nitrogens with zero attached hydrogens (tertiary/aromatic N) is 2. The summed E-state index contributed by atoms with van der Waals surface area (Å²) in [7, 11) is 0. The first-order valence-electron chi connectivity index (χ1n) is 7.80. The van der Waals surface area contributed by atoms with Crippen molar-refractivity contribution in [3.8, 4) is 0 Å². The molecule has 2 fully saturated rings. The van der Waals surface area contributed by atoms with E-state index in [9.17, 15) is 4.79 Å². The predicted molar refractivity (Wildman–Crippen MR) is 78.5 cm³/mol. The highest BCUT2D eigenvalue weighted by Crippen LogP contribution is 2.07. The van der Waals surface area contributed by atoms with Crippen molar-refractivity contribution < 1.29 is 9.53 Å². The first kappa shape index (κ1) is 15.7. The largest absolute Gasteiger partial charge is 0.381 e. The van der Waals surface area contributed by atoms with Gasteiger partial charge in [0.1, 0.15) is 0 Å². The van der Waals surface area contributed by atoms with E-state index in [0.29, 0.717) is 19.1 Å². The average molecular weight is 284 g/mol. The molecule has 2 aliphatic rings. The van der Waals surface area contributed by atoms with Crippen LogP contribution in [-0.4, -0.2) is 80.8 Å². The fraction of sp³-hybridized carbons (Fsp3) is 0.929. The summed E-state index contributed by atoms with van der Waals surface area (Å²) in [5.41, 5.74) is 5.60. The van der Waals surface area contributed by atoms with Crippen LogP contribution in [0.1, 0.15) is 19.3 Å². The molecular weight excluding hydrogens is 256 g/mol. The maximum atomic E-state index is 12.1. The molecule has 6 nitrogen and oxygen atoms in total. The van der Waals surface area contributed by atoms with Crippen LogP contribution in [0.3, 0.4) is 0 Å². The molecule has 1 amide bonds. The van der Waals surface area contributed by atoms with E-state index in [1.807, 2.05) is 0 Å². The fourth-order valence-electron chi connectivity index (χ4n) is 2.91. The van der Waals surface area contributed by atoms with Crippen LogP contribution in [0.2, 0.25) is 0 Å². The second-order valence-electron chi connectivity index (χ2n) is 5.71. The highest BCUT2D eigenvalue weighted by molar-refractivity contribution is 5.78. The molecule has 0 aromatic heterocycles. The first-order chi connectivity index (χ1) is 9.78. The van der Waals surface area contributed by atoms with Gasteiger partial charge in [0.15, 0.2) is 0 Å². The molecule has 3 N–H and O–H groups in total. The summed E-state index contributed by atoms with van der Waals surface area (Å²) in [6.07, 6.45) is 3.00. The Morgan fingerprint density at radius 3 is 2.60 bits per heavy atom. The summed E-state index contributed by atoms with van der Waals surface area (Å²) < 4.78 is 5.31. The minimum Gasteiger partial charge on any atom is -0.381 e. The van der Waals surface area contributed by atoms with Crippen LogP contribution < -0.4 is 11.1 Å². The Kier molecular flexibility index (Phi) is 6.72. The van der Waals surface area contributed by atoms with Gasteiger partial charge in [0.2, 0.25) is 5.91 Å². The van der Waals surface area contributed by atoms with Gasteiger partial charge in [0.05, 0.1) is 6.54 Å². The van der Waals surface area contributed by atoms with Gasteiger partial charge in [-0.3, -0.25) is 9.69 Å². The summed E-state index contributed by atoms with van der Waals surface area (Å²) in [6, 6.07) is 0.303. The zero-order valence-electron chi connectivity index (χ0n) is 12.4. The highest BCUT2D eigenvalue weighted by Gasteiger charge is 2.19. The Labute approximate surface area is 121 Å². The number of carbonyl (C=O) groups excluding carboxylic acids is 1. The van der Waals surface area contributed by atoms with Crippen LogP contribution in [-0.2, 0) is 9.53 Å². The summed E-state index contributed by atoms with van der Waals surface area (Å²) in [5, 5.41) is 3.13. The van der Waals surface area contributed by atoms with Gasteiger partial charge in [-0.2, -0.15) is 0 Å². The van der Waals surface area contributed by atoms with Crippen LogP contribution in [0.25, 0.3) is 0 Å². The van der Waals surface area contributed by atoms with E-state index in [0.717, 1.165) is 65.2 Å². The average Bonchev–Trinajstić information content (AvgIpc) is 2.66. The van der Waals surface area contributed by atoms with Crippen molar-refractivity contribution in [1.82, 2.24) is 15.1 Å². The molecule has 0 bridgehead atoms. The Hall–Kier alpha value is -0.690. The first-order valence-corrected chi connectivity index (χ1v) is 7.80. The van der Waals surface area contributed by atoms with Gasteiger partial charge in [-0.15, -0.1) is 0 Å². The monoisotopic (exact) mass is 284 g/mol. The van der Waals surface area contributed by atoms with Gasteiger partial charge >= 0.3 is 0 Å². The molecule has 116 valence electrons. The van der Waals surface area contributed by atoms with Crippen LogP contribution in [0, 0.1) is 0 Å². The topological polar surface area (TPSA) is 70.8 Å². The van der Waals surface area contributed by atoms with Crippen molar-refractivity contribution >= 4 is 5.91 Å². The smallest absolute Gasteiger partial charge is 0.234 e. The van der Waals surface area contributed by atoms with Crippen molar-refractivity contribution in [2.75, 3.05) is 59.0 Å². The lowest BCUT2D eigenvalue weighted by atomic mass is 10.1. The van der Waals surface area contributed by atoms with E-state index >= 15 is 0 Å². The number of hydrogen-bond donors (Lipinski definition) is 2. The summed E-state index contributed by atoms with van der Waals surface area (Å²) in [4.78, 5) is 16.7. The molecule has 0 atom stereocenters. The van der Waals surface area contributed by atoms with E-state index in [1.54, 1.807) is 0 Å². The van der Waals surface area contributed by atoms with Crippen LogP contribution >= 0.6 is 0 Å². The lowest BCUT2D eigenvalue weighted by molar-refractivity contribution is -0.123. The standard InChI is InChI=1S/C14H28N4O2/c15-4-7-17-5-1-6-18(9-8-17)12-14(19)16-13-2-10-20-11-3-13/h13H,1-12,15H2,(H,16,19). The number of nitrogens with one attached hydrogen (secondary N) is 1. The second kappa shape index (κ2) is 8.56. The number of rotatable bonds is 5. The Bertz CT molecular complexity index is 295. The van der Waals surface area contributed by atoms with Crippen molar-refractivity contribution in [2.24, 2.45) is 5.73 Å². The van der Waals surface area contributed by atoms with Gasteiger partial charge in [-0.05, 0) is 32.4 Å². The third-order valence-corrected chi connectivity index (χ3v) is 4.08. The highest BCUT2D eigenvalue weighted by atomic mass is 16.5. The normalized spacial score (nSPS) is 23.4. The second-order valence-corrected chi connectivity index (χ2v) is 5.71. The molecule has 0 radical (unpaired) electrons. The lowest BCUT2D eigenvalue weighted by Gasteiger charge is -2.25. The molecule has 0 aliphatic carbocycles. The third kappa shape index (κ3) is 5.36. The van der Waals surface area contributed by atoms with E-state index in [1.165, 1.54) is 0 Å². The van der Waals surface area contributed by atoms with Gasteiger partial charge in [0, 0.05) is 45.4 Å². The van der Waals surface area contributed by atoms with Crippen molar-refractivity contribution in [3.05, 3.63) is 0 Å². The molecule has 2 aliphatic heterocycles. The maximum Gasteiger partial charge on any atom is 0.234 e. The molecule has 6 heteroatoms. The number of amides is 1. The zero-order chi connectivity index (χ0) is 14.2. The molecular formula is C14H28N4O2. The number of nitrogens with two attached hydrogens (primary N) is 1. The Morgan fingerprint density at radius 1 is 1.15 bits per heavy atom. The zero-order valence-corrected chi connectivity index (χ0v) is 12.4. The molecule has 0 unspecified atom stereocenters. The van der Waals surface area contributed by atoms with Crippen LogP contribution in [0.5, 0.6) is 0 Å². The van der Waals surface area contributed by atoms with Gasteiger partial charge < -0.3 is 20.7 Å². The van der Waals surface area contributed by atoms with Crippen molar-refractivity contribution in [3.63, 3.8) is 0 Å². The van der Waals surface area contributed by atoms with E-state index < -0.39 is 0 Å². The van der Waals surface area contributed by atoms with Gasteiger partial charge in [0.25, 0.3) is 0 Å². The van der Waals surface area contributed by atoms with Crippen LogP contribution in [0.15, 0.2) is 0 Å². The Balaban J connectivity index is 1.68. The molecule has 0 aromatic rings. The minimum absolute atomic E-state index is 0.157. The van der Waals surface area contributed by atoms with Crippen LogP contribution in [0.4, 0.5) is 0 Å². The number of ether oxygens (including phenoxy) is 1. The molecule has 0 aromatic carbocycles. The fourth-order valence-corrected chi connectivity index (χ4v) is 2.91. The predicted octanol–water partition coefficient (Wildman–Crippen LogP) is -0.752. The molecule has 0 spiro atoms. The van der Waals surface area contributed by atoms with Gasteiger partial charge in [-0.1, -0.05) is 0 Å². The SMILES string of the molecule is NCCN1CCCN(CC(=O)NC2CCOCC2)CC1. The van der Waals surface area contributed by atoms with E-state index in [4.69, 9.17) is 10.5 Å². The summed E-state index contributed by atoms with van der Waals surface area (Å²) >= 11 is 0. The quantitative estimate of drug-likeness (QED) is 0.695. The van der Waals surface area contributed by atoms with E-state index in [-0.39, 0.29) is 5.91 Å². The molecule has 2 saturated heterocycles. The summed E-state index contributed by atoms with van der Waals surface area (Å²) in [5.74, 6) is 0.157. The number of carbonyl (C=O) groups is 1. The minimum atomic E-state index is 0.157. The van der Waals surface area contributed by atoms with E-state index in [2.05, 4.69) is 15.1 Å². The third-order valence-electron chi connectivity index (χ3n) is 4.08. The lowest BCUT2D eigenvalue weighted by Crippen LogP contribution is -2.45. The van der Waals surface area contributed by atoms with Crippen molar-refractivity contribution in [1.29, 1.82) is 0 Å². The maximum absolute atomic E-state index is 12.1. The number of hydrogen-bond acceptors (Lipinski definition) is 5. The Morgan fingerprint density at radius 2 is 1.85 bits per heavy atom. The molecule has 2 rings (SSSR count). The molecule has 20 heavy (non-hydrogen) atoms. The van der Waals surface area contributed by atoms with Gasteiger partial charge in [-0.25, -0.2) is 0 Å².